The van der Waals surface area contributed by atoms with E-state index >= 15 is 0 Å². The zero-order chi connectivity index (χ0) is 17.4. The van der Waals surface area contributed by atoms with Gasteiger partial charge < -0.3 is 40.9 Å². The van der Waals surface area contributed by atoms with Crippen molar-refractivity contribution in [2.75, 3.05) is 12.3 Å². The van der Waals surface area contributed by atoms with Crippen LogP contribution in [0.2, 0.25) is 0 Å². The maximum absolute atomic E-state index is 12.3. The highest BCUT2D eigenvalue weighted by atomic mass is 31.2. The van der Waals surface area contributed by atoms with Gasteiger partial charge in [0.1, 0.15) is 35.5 Å². The number of phenolic OH excluding ortho intramolecular Hbond substituents is 1. The Morgan fingerprint density at radius 1 is 1.22 bits per heavy atom. The summed E-state index contributed by atoms with van der Waals surface area (Å²) < 4.78 is 22.1. The van der Waals surface area contributed by atoms with Gasteiger partial charge in [-0.15, -0.1) is 0 Å². The minimum absolute atomic E-state index is 0.0875. The first-order valence-corrected chi connectivity index (χ1v) is 8.16. The van der Waals surface area contributed by atoms with Crippen LogP contribution in [0.4, 0.5) is 5.69 Å². The summed E-state index contributed by atoms with van der Waals surface area (Å²) in [7, 11) is -4.69. The minimum atomic E-state index is -4.69. The second-order valence-electron chi connectivity index (χ2n) is 5.07. The third-order valence-electron chi connectivity index (χ3n) is 3.40. The van der Waals surface area contributed by atoms with Crippen molar-refractivity contribution >= 4 is 18.6 Å². The second kappa shape index (κ2) is 6.71. The van der Waals surface area contributed by atoms with E-state index in [0.717, 1.165) is 12.1 Å². The average molecular weight is 351 g/mol. The van der Waals surface area contributed by atoms with Crippen LogP contribution in [0, 0.1) is 0 Å². The zero-order valence-electron chi connectivity index (χ0n) is 11.8. The molecular weight excluding hydrogens is 333 g/mol. The lowest BCUT2D eigenvalue weighted by Crippen LogP contribution is -2.59. The predicted molar refractivity (Wildman–Crippen MR) is 76.8 cm³/mol. The van der Waals surface area contributed by atoms with E-state index < -0.39 is 56.0 Å². The fraction of sp³-hybridized carbons (Fsp3) is 0.500. The van der Waals surface area contributed by atoms with Crippen LogP contribution >= 0.6 is 7.60 Å². The molecule has 11 heteroatoms. The minimum Gasteiger partial charge on any atom is -0.507 e. The lowest BCUT2D eigenvalue weighted by atomic mass is 10.00. The van der Waals surface area contributed by atoms with Gasteiger partial charge in [0.2, 0.25) is 0 Å². The van der Waals surface area contributed by atoms with Crippen LogP contribution in [0.15, 0.2) is 18.2 Å². The second-order valence-corrected chi connectivity index (χ2v) is 6.80. The number of aromatic hydroxyl groups is 1. The summed E-state index contributed by atoms with van der Waals surface area (Å²) in [5, 5.41) is 47.2. The van der Waals surface area contributed by atoms with E-state index in [0.29, 0.717) is 0 Å². The Labute approximate surface area is 130 Å². The number of hydrogen-bond acceptors (Lipinski definition) is 9. The first kappa shape index (κ1) is 18.1. The van der Waals surface area contributed by atoms with Gasteiger partial charge in [0, 0.05) is 5.69 Å². The van der Waals surface area contributed by atoms with E-state index in [-0.39, 0.29) is 5.69 Å². The molecule has 0 aliphatic carbocycles. The van der Waals surface area contributed by atoms with Crippen molar-refractivity contribution in [1.82, 2.24) is 0 Å². The molecule has 1 unspecified atom stereocenters. The number of nitrogens with two attached hydrogens (primary N) is 1. The fourth-order valence-electron chi connectivity index (χ4n) is 2.12. The molecule has 130 valence electrons. The van der Waals surface area contributed by atoms with Gasteiger partial charge >= 0.3 is 7.60 Å². The molecule has 1 aliphatic heterocycles. The molecule has 0 amide bonds. The first-order chi connectivity index (χ1) is 10.7. The van der Waals surface area contributed by atoms with Crippen molar-refractivity contribution in [2.45, 2.75) is 30.7 Å². The van der Waals surface area contributed by atoms with Gasteiger partial charge in [-0.25, -0.2) is 0 Å². The summed E-state index contributed by atoms with van der Waals surface area (Å²) in [6.45, 7) is -0.718. The number of aliphatic hydroxyl groups excluding tert-OH is 4. The molecule has 1 aromatic carbocycles. The van der Waals surface area contributed by atoms with Gasteiger partial charge in [-0.1, -0.05) is 0 Å². The maximum Gasteiger partial charge on any atom is 0.365 e. The Kier molecular flexibility index (Phi) is 5.29. The molecule has 0 aromatic heterocycles. The monoisotopic (exact) mass is 351 g/mol. The Morgan fingerprint density at radius 3 is 2.48 bits per heavy atom. The third-order valence-corrected chi connectivity index (χ3v) is 4.86. The standard InChI is InChI=1S/C12H18NO9P/c13-5-1-2-6(15)8(3-5)23(19,20)22-12-11(18)10(17)9(16)7(4-14)21-12/h1-3,7,9-12,14-18H,4,13H2,(H,19,20)/t7-,9-,10+,11+,12-/m1/s1. The predicted octanol–water partition coefficient (Wildman–Crippen LogP) is -2.40. The molecule has 0 bridgehead atoms. The van der Waals surface area contributed by atoms with Crippen LogP contribution in [0.3, 0.4) is 0 Å². The molecule has 23 heavy (non-hydrogen) atoms. The van der Waals surface area contributed by atoms with Gasteiger partial charge in [0.15, 0.2) is 6.29 Å². The van der Waals surface area contributed by atoms with E-state index in [1.807, 2.05) is 0 Å². The Bertz CT molecular complexity index is 610. The van der Waals surface area contributed by atoms with Gasteiger partial charge in [0.05, 0.1) is 6.61 Å². The molecule has 1 saturated heterocycles. The van der Waals surface area contributed by atoms with Crippen LogP contribution in [-0.2, 0) is 13.8 Å². The summed E-state index contributed by atoms with van der Waals surface area (Å²) in [4.78, 5) is 9.99. The number of ether oxygens (including phenoxy) is 1. The summed E-state index contributed by atoms with van der Waals surface area (Å²) in [6, 6.07) is 3.40. The smallest absolute Gasteiger partial charge is 0.365 e. The van der Waals surface area contributed by atoms with E-state index in [1.54, 1.807) is 0 Å². The number of rotatable bonds is 4. The fourth-order valence-corrected chi connectivity index (χ4v) is 3.36. The number of hydrogen-bond donors (Lipinski definition) is 7. The van der Waals surface area contributed by atoms with Crippen LogP contribution in [0.1, 0.15) is 0 Å². The van der Waals surface area contributed by atoms with Crippen molar-refractivity contribution < 1.29 is 44.3 Å². The van der Waals surface area contributed by atoms with Crippen LogP contribution in [0.5, 0.6) is 5.75 Å². The summed E-state index contributed by atoms with van der Waals surface area (Å²) >= 11 is 0. The zero-order valence-corrected chi connectivity index (χ0v) is 12.7. The SMILES string of the molecule is Nc1ccc(O)c(P(=O)(O)O[C@H]2O[C@H](CO)[C@@H](O)[C@H](O)[C@@H]2O)c1. The van der Waals surface area contributed by atoms with E-state index in [2.05, 4.69) is 0 Å². The molecule has 8 N–H and O–H groups in total. The van der Waals surface area contributed by atoms with E-state index in [4.69, 9.17) is 20.1 Å². The molecule has 0 spiro atoms. The quantitative estimate of drug-likeness (QED) is 0.175. The molecule has 10 nitrogen and oxygen atoms in total. The highest BCUT2D eigenvalue weighted by Crippen LogP contribution is 2.46. The molecule has 1 fully saturated rings. The van der Waals surface area contributed by atoms with Crippen molar-refractivity contribution in [2.24, 2.45) is 0 Å². The van der Waals surface area contributed by atoms with Crippen LogP contribution in [-0.4, -0.2) is 67.7 Å². The lowest BCUT2D eigenvalue weighted by Gasteiger charge is -2.39. The van der Waals surface area contributed by atoms with E-state index in [9.17, 15) is 29.9 Å². The van der Waals surface area contributed by atoms with Gasteiger partial charge in [0.25, 0.3) is 0 Å². The molecular formula is C12H18NO9P. The largest absolute Gasteiger partial charge is 0.507 e. The number of benzene rings is 1. The third kappa shape index (κ3) is 3.65. The maximum atomic E-state index is 12.3. The number of phenols is 1. The topological polar surface area (TPSA) is 183 Å². The van der Waals surface area contributed by atoms with Crippen molar-refractivity contribution in [3.63, 3.8) is 0 Å². The molecule has 1 aliphatic rings. The number of anilines is 1. The molecule has 1 aromatic rings. The van der Waals surface area contributed by atoms with Gasteiger partial charge in [-0.05, 0) is 18.2 Å². The van der Waals surface area contributed by atoms with E-state index in [1.165, 1.54) is 6.07 Å². The van der Waals surface area contributed by atoms with Gasteiger partial charge in [-0.2, -0.15) is 0 Å². The van der Waals surface area contributed by atoms with Crippen molar-refractivity contribution in [1.29, 1.82) is 0 Å². The van der Waals surface area contributed by atoms with Crippen molar-refractivity contribution in [3.8, 4) is 5.75 Å². The Balaban J connectivity index is 2.25. The summed E-state index contributed by atoms with van der Waals surface area (Å²) in [6.07, 6.45) is -8.36. The molecule has 0 radical (unpaired) electrons. The normalized spacial score (nSPS) is 34.0. The average Bonchev–Trinajstić information content (AvgIpc) is 2.50. The lowest BCUT2D eigenvalue weighted by molar-refractivity contribution is -0.278. The van der Waals surface area contributed by atoms with Crippen LogP contribution in [0.25, 0.3) is 0 Å². The molecule has 6 atom stereocenters. The highest BCUT2D eigenvalue weighted by molar-refractivity contribution is 7.61. The number of nitrogen functional groups attached to an aromatic ring is 1. The first-order valence-electron chi connectivity index (χ1n) is 6.58. The number of aliphatic hydroxyl groups is 4. The summed E-state index contributed by atoms with van der Waals surface area (Å²) in [5.41, 5.74) is 5.57. The Hall–Kier alpha value is -1.23. The van der Waals surface area contributed by atoms with Crippen LogP contribution < -0.4 is 11.0 Å². The highest BCUT2D eigenvalue weighted by Gasteiger charge is 2.47. The molecule has 1 heterocycles. The molecule has 0 saturated carbocycles. The summed E-state index contributed by atoms with van der Waals surface area (Å²) in [5.74, 6) is -0.561. The Morgan fingerprint density at radius 2 is 1.87 bits per heavy atom. The molecule has 2 rings (SSSR count). The van der Waals surface area contributed by atoms with Crippen molar-refractivity contribution in [3.05, 3.63) is 18.2 Å². The van der Waals surface area contributed by atoms with Gasteiger partial charge in [-0.3, -0.25) is 9.09 Å².